The van der Waals surface area contributed by atoms with Gasteiger partial charge in [0.15, 0.2) is 22.8 Å². The lowest BCUT2D eigenvalue weighted by molar-refractivity contribution is -0.132. The second kappa shape index (κ2) is 7.82. The molecule has 2 heterocycles. The highest BCUT2D eigenvalue weighted by molar-refractivity contribution is 6.12. The number of amides is 3. The van der Waals surface area contributed by atoms with Crippen LogP contribution in [0.3, 0.4) is 0 Å². The minimum atomic E-state index is -1.23. The summed E-state index contributed by atoms with van der Waals surface area (Å²) in [7, 11) is 4.34. The van der Waals surface area contributed by atoms with Gasteiger partial charge in [-0.3, -0.25) is 14.5 Å². The van der Waals surface area contributed by atoms with Crippen LogP contribution < -0.4 is 24.3 Å². The van der Waals surface area contributed by atoms with Crippen molar-refractivity contribution in [2.45, 2.75) is 12.0 Å². The maximum atomic E-state index is 13.3. The number of carbonyl (C=O) groups excluding carboxylic acids is 3. The van der Waals surface area contributed by atoms with E-state index in [1.165, 1.54) is 33.5 Å². The number of imide groups is 1. The number of urea groups is 1. The van der Waals surface area contributed by atoms with Gasteiger partial charge in [-0.2, -0.15) is 0 Å². The smallest absolute Gasteiger partial charge is 0.325 e. The van der Waals surface area contributed by atoms with Crippen LogP contribution in [0.15, 0.2) is 36.4 Å². The number of Topliss-reactive ketones (excluding diaryl/α,β-unsaturated/α-hetero) is 1. The Labute approximate surface area is 178 Å². The summed E-state index contributed by atoms with van der Waals surface area (Å²) in [6, 6.07) is 9.42. The molecule has 1 spiro atoms. The highest BCUT2D eigenvalue weighted by Gasteiger charge is 2.55. The lowest BCUT2D eigenvalue weighted by Crippen LogP contribution is -2.47. The van der Waals surface area contributed by atoms with E-state index in [4.69, 9.17) is 18.9 Å². The van der Waals surface area contributed by atoms with E-state index >= 15 is 0 Å². The van der Waals surface area contributed by atoms with Gasteiger partial charge in [0.1, 0.15) is 5.75 Å². The number of fused-ring (bicyclic) bond motifs is 2. The van der Waals surface area contributed by atoms with Gasteiger partial charge in [-0.05, 0) is 18.2 Å². The molecule has 162 valence electrons. The number of para-hydroxylation sites is 1. The first-order valence-corrected chi connectivity index (χ1v) is 9.64. The molecule has 9 heteroatoms. The number of carbonyl (C=O) groups is 3. The van der Waals surface area contributed by atoms with Crippen LogP contribution >= 0.6 is 0 Å². The molecule has 0 bridgehead atoms. The van der Waals surface area contributed by atoms with Gasteiger partial charge in [-0.25, -0.2) is 4.79 Å². The van der Waals surface area contributed by atoms with Gasteiger partial charge >= 0.3 is 6.03 Å². The Morgan fingerprint density at radius 2 is 1.77 bits per heavy atom. The fraction of sp³-hybridized carbons (Fsp3) is 0.318. The van der Waals surface area contributed by atoms with Crippen LogP contribution in [-0.4, -0.2) is 57.1 Å². The Balaban J connectivity index is 1.63. The third kappa shape index (κ3) is 3.22. The number of nitrogens with one attached hydrogen (secondary N) is 1. The highest BCUT2D eigenvalue weighted by Crippen LogP contribution is 2.41. The molecule has 2 aliphatic rings. The van der Waals surface area contributed by atoms with Gasteiger partial charge in [-0.15, -0.1) is 0 Å². The van der Waals surface area contributed by atoms with Crippen LogP contribution in [-0.2, 0) is 10.3 Å². The van der Waals surface area contributed by atoms with Crippen LogP contribution in [0.5, 0.6) is 23.0 Å². The predicted molar refractivity (Wildman–Crippen MR) is 109 cm³/mol. The van der Waals surface area contributed by atoms with E-state index in [-0.39, 0.29) is 18.6 Å². The zero-order valence-corrected chi connectivity index (χ0v) is 17.4. The van der Waals surface area contributed by atoms with Crippen molar-refractivity contribution in [3.8, 4) is 23.0 Å². The molecule has 2 aromatic carbocycles. The average molecular weight is 426 g/mol. The van der Waals surface area contributed by atoms with E-state index in [0.717, 1.165) is 4.90 Å². The molecular weight excluding hydrogens is 404 g/mol. The molecule has 0 aromatic heterocycles. The van der Waals surface area contributed by atoms with Gasteiger partial charge in [0, 0.05) is 17.5 Å². The first-order chi connectivity index (χ1) is 14.9. The van der Waals surface area contributed by atoms with E-state index < -0.39 is 29.8 Å². The summed E-state index contributed by atoms with van der Waals surface area (Å²) in [5.74, 6) is 0.568. The highest BCUT2D eigenvalue weighted by atomic mass is 16.5. The van der Waals surface area contributed by atoms with Crippen molar-refractivity contribution in [1.29, 1.82) is 0 Å². The first-order valence-electron chi connectivity index (χ1n) is 9.64. The molecule has 1 fully saturated rings. The summed E-state index contributed by atoms with van der Waals surface area (Å²) >= 11 is 0. The lowest BCUT2D eigenvalue weighted by Gasteiger charge is -2.33. The Morgan fingerprint density at radius 1 is 1.10 bits per heavy atom. The van der Waals surface area contributed by atoms with Crippen LogP contribution in [0.4, 0.5) is 4.79 Å². The fourth-order valence-corrected chi connectivity index (χ4v) is 3.99. The Morgan fingerprint density at radius 3 is 2.42 bits per heavy atom. The molecule has 0 saturated carbocycles. The molecule has 2 aliphatic heterocycles. The van der Waals surface area contributed by atoms with Crippen molar-refractivity contribution in [2.75, 3.05) is 34.5 Å². The molecule has 1 N–H and O–H groups in total. The van der Waals surface area contributed by atoms with Gasteiger partial charge < -0.3 is 24.3 Å². The summed E-state index contributed by atoms with van der Waals surface area (Å²) in [5, 5.41) is 2.78. The Hall–Kier alpha value is -3.75. The van der Waals surface area contributed by atoms with Gasteiger partial charge in [0.2, 0.25) is 5.75 Å². The normalized spacial score (nSPS) is 19.5. The number of ketones is 1. The predicted octanol–water partition coefficient (Wildman–Crippen LogP) is 2.12. The fourth-order valence-electron chi connectivity index (χ4n) is 3.99. The Kier molecular flexibility index (Phi) is 5.18. The molecule has 1 saturated heterocycles. The number of nitrogens with zero attached hydrogens (tertiary/aromatic N) is 1. The molecular formula is C22H22N2O7. The SMILES string of the molecule is COc1cc(C(=O)CN2C(=O)N[C@@]3(CCOc4ccccc43)C2=O)cc(OC)c1OC. The number of ether oxygens (including phenoxy) is 4. The third-order valence-electron chi connectivity index (χ3n) is 5.55. The Bertz CT molecular complexity index is 1040. The van der Waals surface area contributed by atoms with Gasteiger partial charge in [0.05, 0.1) is 34.5 Å². The molecule has 1 atom stereocenters. The molecule has 0 unspecified atom stereocenters. The standard InChI is InChI=1S/C22H22N2O7/c1-28-17-10-13(11-18(29-2)19(17)30-3)15(25)12-24-20(26)22(23-21(24)27)8-9-31-16-7-5-4-6-14(16)22/h4-7,10-11H,8-9,12H2,1-3H3,(H,23,27)/t22-/m1/s1. The monoisotopic (exact) mass is 426 g/mol. The quantitative estimate of drug-likeness (QED) is 0.557. The van der Waals surface area contributed by atoms with Crippen LogP contribution in [0.1, 0.15) is 22.3 Å². The number of rotatable bonds is 6. The molecule has 0 radical (unpaired) electrons. The molecule has 4 rings (SSSR count). The summed E-state index contributed by atoms with van der Waals surface area (Å²) < 4.78 is 21.5. The number of hydrogen-bond donors (Lipinski definition) is 1. The average Bonchev–Trinajstić information content (AvgIpc) is 3.02. The number of benzene rings is 2. The largest absolute Gasteiger partial charge is 0.493 e. The van der Waals surface area contributed by atoms with Crippen molar-refractivity contribution in [3.05, 3.63) is 47.5 Å². The van der Waals surface area contributed by atoms with Gasteiger partial charge in [0.25, 0.3) is 5.91 Å². The van der Waals surface area contributed by atoms with Crippen molar-refractivity contribution in [2.24, 2.45) is 0 Å². The molecule has 3 amide bonds. The summed E-state index contributed by atoms with van der Waals surface area (Å²) in [6.45, 7) is -0.147. The summed E-state index contributed by atoms with van der Waals surface area (Å²) in [5.41, 5.74) is -0.424. The minimum Gasteiger partial charge on any atom is -0.493 e. The summed E-state index contributed by atoms with van der Waals surface area (Å²) in [6.07, 6.45) is 0.281. The van der Waals surface area contributed by atoms with E-state index in [1.54, 1.807) is 24.3 Å². The van der Waals surface area contributed by atoms with E-state index in [1.807, 2.05) is 0 Å². The maximum Gasteiger partial charge on any atom is 0.325 e. The molecule has 0 aliphatic carbocycles. The van der Waals surface area contributed by atoms with Gasteiger partial charge in [-0.1, -0.05) is 18.2 Å². The van der Waals surface area contributed by atoms with Crippen molar-refractivity contribution >= 4 is 17.7 Å². The van der Waals surface area contributed by atoms with E-state index in [0.29, 0.717) is 28.6 Å². The van der Waals surface area contributed by atoms with Crippen LogP contribution in [0.2, 0.25) is 0 Å². The third-order valence-corrected chi connectivity index (χ3v) is 5.55. The second-order valence-corrected chi connectivity index (χ2v) is 7.16. The zero-order valence-electron chi connectivity index (χ0n) is 17.4. The number of hydrogen-bond acceptors (Lipinski definition) is 7. The summed E-state index contributed by atoms with van der Waals surface area (Å²) in [4.78, 5) is 40.0. The molecule has 31 heavy (non-hydrogen) atoms. The minimum absolute atomic E-state index is 0.225. The molecule has 9 nitrogen and oxygen atoms in total. The van der Waals surface area contributed by atoms with E-state index in [2.05, 4.69) is 5.32 Å². The second-order valence-electron chi connectivity index (χ2n) is 7.16. The topological polar surface area (TPSA) is 103 Å². The van der Waals surface area contributed by atoms with Crippen molar-refractivity contribution in [1.82, 2.24) is 10.2 Å². The first kappa shape index (κ1) is 20.5. The van der Waals surface area contributed by atoms with Crippen LogP contribution in [0.25, 0.3) is 0 Å². The number of methoxy groups -OCH3 is 3. The van der Waals surface area contributed by atoms with E-state index in [9.17, 15) is 14.4 Å². The van der Waals surface area contributed by atoms with Crippen molar-refractivity contribution < 1.29 is 33.3 Å². The lowest BCUT2D eigenvalue weighted by atomic mass is 9.84. The molecule has 2 aromatic rings. The maximum absolute atomic E-state index is 13.3. The van der Waals surface area contributed by atoms with Crippen molar-refractivity contribution in [3.63, 3.8) is 0 Å². The van der Waals surface area contributed by atoms with Crippen LogP contribution in [0, 0.1) is 0 Å². The zero-order chi connectivity index (χ0) is 22.2.